The van der Waals surface area contributed by atoms with E-state index in [0.29, 0.717) is 36.0 Å². The molecule has 154 valence electrons. The monoisotopic (exact) mass is 426 g/mol. The predicted molar refractivity (Wildman–Crippen MR) is 111 cm³/mol. The van der Waals surface area contributed by atoms with Crippen LogP contribution in [0.2, 0.25) is 5.15 Å². The van der Waals surface area contributed by atoms with Crippen LogP contribution in [0.15, 0.2) is 11.2 Å². The van der Waals surface area contributed by atoms with E-state index in [9.17, 15) is 9.59 Å². The SMILES string of the molecule is CC(C)NC(=O)N1CCN(c2cc(Cl)nc(SCC(=O)NC3CC3)n2)CC1C. The second kappa shape index (κ2) is 9.17. The molecule has 1 saturated carbocycles. The highest BCUT2D eigenvalue weighted by Crippen LogP contribution is 2.24. The maximum Gasteiger partial charge on any atom is 0.317 e. The topological polar surface area (TPSA) is 90.5 Å². The fraction of sp³-hybridized carbons (Fsp3) is 0.667. The van der Waals surface area contributed by atoms with Gasteiger partial charge in [-0.15, -0.1) is 0 Å². The van der Waals surface area contributed by atoms with Gasteiger partial charge in [0.1, 0.15) is 11.0 Å². The Hall–Kier alpha value is -1.74. The first-order valence-electron chi connectivity index (χ1n) is 9.60. The second-order valence-corrected chi connectivity index (χ2v) is 8.88. The number of anilines is 1. The molecule has 1 atom stereocenters. The number of nitrogens with one attached hydrogen (secondary N) is 2. The Morgan fingerprint density at radius 1 is 1.32 bits per heavy atom. The number of piperazine rings is 1. The number of urea groups is 1. The molecule has 1 saturated heterocycles. The van der Waals surface area contributed by atoms with E-state index < -0.39 is 0 Å². The summed E-state index contributed by atoms with van der Waals surface area (Å²) in [5, 5.41) is 6.73. The third-order valence-electron chi connectivity index (χ3n) is 4.56. The largest absolute Gasteiger partial charge is 0.353 e. The van der Waals surface area contributed by atoms with Crippen LogP contribution in [0, 0.1) is 0 Å². The number of amides is 3. The molecule has 1 aromatic rings. The van der Waals surface area contributed by atoms with Gasteiger partial charge in [-0.1, -0.05) is 23.4 Å². The molecular weight excluding hydrogens is 400 g/mol. The van der Waals surface area contributed by atoms with Gasteiger partial charge in [-0.2, -0.15) is 0 Å². The first-order valence-corrected chi connectivity index (χ1v) is 11.0. The summed E-state index contributed by atoms with van der Waals surface area (Å²) in [4.78, 5) is 36.9. The van der Waals surface area contributed by atoms with Crippen molar-refractivity contribution in [2.75, 3.05) is 30.3 Å². The van der Waals surface area contributed by atoms with E-state index in [1.807, 2.05) is 25.7 Å². The average molecular weight is 427 g/mol. The van der Waals surface area contributed by atoms with Crippen LogP contribution in [0.25, 0.3) is 0 Å². The Morgan fingerprint density at radius 3 is 2.71 bits per heavy atom. The van der Waals surface area contributed by atoms with Crippen LogP contribution < -0.4 is 15.5 Å². The van der Waals surface area contributed by atoms with Crippen molar-refractivity contribution in [2.24, 2.45) is 0 Å². The van der Waals surface area contributed by atoms with E-state index in [1.165, 1.54) is 11.8 Å². The third-order valence-corrected chi connectivity index (χ3v) is 5.60. The molecule has 2 N–H and O–H groups in total. The molecule has 0 spiro atoms. The number of aromatic nitrogens is 2. The lowest BCUT2D eigenvalue weighted by molar-refractivity contribution is -0.118. The molecule has 2 fully saturated rings. The molecule has 1 aromatic heterocycles. The van der Waals surface area contributed by atoms with E-state index in [0.717, 1.165) is 18.7 Å². The van der Waals surface area contributed by atoms with Crippen LogP contribution in [0.4, 0.5) is 10.6 Å². The minimum Gasteiger partial charge on any atom is -0.353 e. The van der Waals surface area contributed by atoms with E-state index in [4.69, 9.17) is 11.6 Å². The first-order chi connectivity index (χ1) is 13.3. The number of hydrogen-bond acceptors (Lipinski definition) is 6. The summed E-state index contributed by atoms with van der Waals surface area (Å²) >= 11 is 7.47. The molecule has 28 heavy (non-hydrogen) atoms. The third kappa shape index (κ3) is 5.88. The lowest BCUT2D eigenvalue weighted by Crippen LogP contribution is -2.57. The minimum atomic E-state index is -0.0409. The highest BCUT2D eigenvalue weighted by molar-refractivity contribution is 7.99. The molecular formula is C18H27ClN6O2S. The van der Waals surface area contributed by atoms with Gasteiger partial charge in [-0.25, -0.2) is 14.8 Å². The number of carbonyl (C=O) groups excluding carboxylic acids is 2. The second-order valence-electron chi connectivity index (χ2n) is 7.55. The molecule has 10 heteroatoms. The maximum absolute atomic E-state index is 12.3. The van der Waals surface area contributed by atoms with Gasteiger partial charge in [0.25, 0.3) is 0 Å². The Labute approximate surface area is 174 Å². The maximum atomic E-state index is 12.3. The predicted octanol–water partition coefficient (Wildman–Crippen LogP) is 2.13. The van der Waals surface area contributed by atoms with Crippen LogP contribution in [0.5, 0.6) is 0 Å². The Balaban J connectivity index is 1.59. The lowest BCUT2D eigenvalue weighted by Gasteiger charge is -2.40. The molecule has 0 bridgehead atoms. The number of nitrogens with zero attached hydrogens (tertiary/aromatic N) is 4. The summed E-state index contributed by atoms with van der Waals surface area (Å²) in [5.41, 5.74) is 0. The average Bonchev–Trinajstić information content (AvgIpc) is 3.42. The molecule has 1 unspecified atom stereocenters. The molecule has 1 aliphatic carbocycles. The van der Waals surface area contributed by atoms with Gasteiger partial charge in [0.2, 0.25) is 5.91 Å². The standard InChI is InChI=1S/C18H27ClN6O2S/c1-11(2)20-18(27)25-7-6-24(9-12(25)3)15-8-14(19)22-17(23-15)28-10-16(26)21-13-4-5-13/h8,11-13H,4-7,9-10H2,1-3H3,(H,20,27)(H,21,26). The van der Waals surface area contributed by atoms with E-state index in [1.54, 1.807) is 6.07 Å². The highest BCUT2D eigenvalue weighted by Gasteiger charge is 2.29. The zero-order valence-corrected chi connectivity index (χ0v) is 18.0. The summed E-state index contributed by atoms with van der Waals surface area (Å²) in [7, 11) is 0. The van der Waals surface area contributed by atoms with Crippen molar-refractivity contribution < 1.29 is 9.59 Å². The lowest BCUT2D eigenvalue weighted by atomic mass is 10.2. The van der Waals surface area contributed by atoms with Crippen LogP contribution in [-0.2, 0) is 4.79 Å². The van der Waals surface area contributed by atoms with E-state index in [2.05, 4.69) is 25.5 Å². The van der Waals surface area contributed by atoms with Gasteiger partial charge in [0.05, 0.1) is 5.75 Å². The summed E-state index contributed by atoms with van der Waals surface area (Å²) in [5.74, 6) is 0.993. The van der Waals surface area contributed by atoms with Crippen LogP contribution in [0.1, 0.15) is 33.6 Å². The van der Waals surface area contributed by atoms with E-state index >= 15 is 0 Å². The summed E-state index contributed by atoms with van der Waals surface area (Å²) in [6.45, 7) is 7.85. The number of rotatable bonds is 6. The van der Waals surface area contributed by atoms with Crippen LogP contribution >= 0.6 is 23.4 Å². The number of thioether (sulfide) groups is 1. The Bertz CT molecular complexity index is 730. The van der Waals surface area contributed by atoms with Gasteiger partial charge in [-0.05, 0) is 33.6 Å². The van der Waals surface area contributed by atoms with Crippen molar-refractivity contribution in [1.82, 2.24) is 25.5 Å². The van der Waals surface area contributed by atoms with Crippen molar-refractivity contribution in [3.63, 3.8) is 0 Å². The summed E-state index contributed by atoms with van der Waals surface area (Å²) < 4.78 is 0. The van der Waals surface area contributed by atoms with Gasteiger partial charge in [-0.3, -0.25) is 4.79 Å². The van der Waals surface area contributed by atoms with Gasteiger partial charge >= 0.3 is 6.03 Å². The quantitative estimate of drug-likeness (QED) is 0.411. The molecule has 0 radical (unpaired) electrons. The highest BCUT2D eigenvalue weighted by atomic mass is 35.5. The minimum absolute atomic E-state index is 0.00368. The van der Waals surface area contributed by atoms with Crippen molar-refractivity contribution in [3.05, 3.63) is 11.2 Å². The zero-order valence-electron chi connectivity index (χ0n) is 16.4. The fourth-order valence-corrected chi connectivity index (χ4v) is 3.93. The van der Waals surface area contributed by atoms with E-state index in [-0.39, 0.29) is 29.8 Å². The summed E-state index contributed by atoms with van der Waals surface area (Å²) in [6, 6.07) is 2.18. The number of hydrogen-bond donors (Lipinski definition) is 2. The molecule has 3 rings (SSSR count). The van der Waals surface area contributed by atoms with Crippen molar-refractivity contribution >= 4 is 41.1 Å². The number of carbonyl (C=O) groups is 2. The smallest absolute Gasteiger partial charge is 0.317 e. The van der Waals surface area contributed by atoms with Crippen molar-refractivity contribution in [1.29, 1.82) is 0 Å². The molecule has 0 aromatic carbocycles. The Kier molecular flexibility index (Phi) is 6.87. The molecule has 8 nitrogen and oxygen atoms in total. The van der Waals surface area contributed by atoms with Crippen LogP contribution in [0.3, 0.4) is 0 Å². The zero-order chi connectivity index (χ0) is 20.3. The molecule has 2 heterocycles. The fourth-order valence-electron chi connectivity index (χ4n) is 3.04. The summed E-state index contributed by atoms with van der Waals surface area (Å²) in [6.07, 6.45) is 2.13. The van der Waals surface area contributed by atoms with Gasteiger partial charge < -0.3 is 20.4 Å². The van der Waals surface area contributed by atoms with Crippen molar-refractivity contribution in [3.8, 4) is 0 Å². The molecule has 3 amide bonds. The van der Waals surface area contributed by atoms with Gasteiger partial charge in [0.15, 0.2) is 5.16 Å². The van der Waals surface area contributed by atoms with Gasteiger partial charge in [0, 0.05) is 43.8 Å². The first kappa shape index (κ1) is 21.0. The molecule has 1 aliphatic heterocycles. The number of halogens is 1. The normalized spacial score (nSPS) is 19.7. The Morgan fingerprint density at radius 2 is 2.07 bits per heavy atom. The molecule has 2 aliphatic rings. The van der Waals surface area contributed by atoms with Crippen LogP contribution in [-0.4, -0.2) is 70.3 Å². The van der Waals surface area contributed by atoms with Crippen molar-refractivity contribution in [2.45, 2.75) is 56.9 Å².